The maximum atomic E-state index is 10.5. The van der Waals surface area contributed by atoms with E-state index in [4.69, 9.17) is 0 Å². The van der Waals surface area contributed by atoms with Crippen molar-refractivity contribution in [3.8, 4) is 0 Å². The van der Waals surface area contributed by atoms with Crippen molar-refractivity contribution in [2.75, 3.05) is 0 Å². The molecule has 4 nitrogen and oxygen atoms in total. The van der Waals surface area contributed by atoms with E-state index in [1.54, 1.807) is 18.3 Å². The molecule has 0 aliphatic heterocycles. The van der Waals surface area contributed by atoms with Crippen LogP contribution in [0.4, 0.5) is 11.4 Å². The van der Waals surface area contributed by atoms with Crippen LogP contribution in [0, 0.1) is 17.0 Å². The molecule has 0 unspecified atom stereocenters. The smallest absolute Gasteiger partial charge is 0.258 e. The summed E-state index contributed by atoms with van der Waals surface area (Å²) in [4.78, 5) is 14.5. The van der Waals surface area contributed by atoms with E-state index in [-0.39, 0.29) is 5.69 Å². The molecule has 0 fully saturated rings. The fourth-order valence-electron chi connectivity index (χ4n) is 1.69. The maximum Gasteiger partial charge on any atom is 0.269 e. The van der Waals surface area contributed by atoms with Gasteiger partial charge in [-0.15, -0.1) is 0 Å². The Morgan fingerprint density at radius 2 is 1.80 bits per heavy atom. The Labute approximate surface area is 117 Å². The third kappa shape index (κ3) is 3.62. The molecule has 20 heavy (non-hydrogen) atoms. The van der Waals surface area contributed by atoms with Crippen molar-refractivity contribution in [3.63, 3.8) is 0 Å². The highest BCUT2D eigenvalue weighted by atomic mass is 16.6. The summed E-state index contributed by atoms with van der Waals surface area (Å²) in [5.41, 5.74) is 3.04. The molecular formula is C16H14N2O2. The largest absolute Gasteiger partial charge is 0.269 e. The highest BCUT2D eigenvalue weighted by Crippen LogP contribution is 2.16. The molecule has 2 aromatic rings. The second-order valence-electron chi connectivity index (χ2n) is 4.27. The Bertz CT molecular complexity index is 658. The number of rotatable bonds is 4. The number of hydrogen-bond donors (Lipinski definition) is 0. The molecule has 0 amide bonds. The zero-order chi connectivity index (χ0) is 14.4. The summed E-state index contributed by atoms with van der Waals surface area (Å²) < 4.78 is 0. The summed E-state index contributed by atoms with van der Waals surface area (Å²) >= 11 is 0. The number of nitrogens with zero attached hydrogens (tertiary/aromatic N) is 2. The quantitative estimate of drug-likeness (QED) is 0.470. The number of nitro benzene ring substituents is 1. The van der Waals surface area contributed by atoms with Crippen LogP contribution < -0.4 is 0 Å². The van der Waals surface area contributed by atoms with Gasteiger partial charge in [0, 0.05) is 18.3 Å². The van der Waals surface area contributed by atoms with E-state index in [0.29, 0.717) is 0 Å². The Morgan fingerprint density at radius 1 is 1.10 bits per heavy atom. The summed E-state index contributed by atoms with van der Waals surface area (Å²) in [5.74, 6) is 0. The highest BCUT2D eigenvalue weighted by Gasteiger charge is 2.01. The van der Waals surface area contributed by atoms with Crippen LogP contribution in [0.25, 0.3) is 6.08 Å². The molecule has 0 saturated carbocycles. The monoisotopic (exact) mass is 266 g/mol. The summed E-state index contributed by atoms with van der Waals surface area (Å²) in [6, 6.07) is 14.3. The number of nitro groups is 1. The van der Waals surface area contributed by atoms with Gasteiger partial charge in [0.2, 0.25) is 0 Å². The van der Waals surface area contributed by atoms with E-state index in [2.05, 4.69) is 4.99 Å². The molecule has 2 rings (SSSR count). The number of allylic oxidation sites excluding steroid dienone is 1. The zero-order valence-corrected chi connectivity index (χ0v) is 11.1. The Hall–Kier alpha value is -2.75. The van der Waals surface area contributed by atoms with Crippen LogP contribution in [0.3, 0.4) is 0 Å². The van der Waals surface area contributed by atoms with Gasteiger partial charge in [0.25, 0.3) is 5.69 Å². The van der Waals surface area contributed by atoms with Gasteiger partial charge >= 0.3 is 0 Å². The first-order chi connectivity index (χ1) is 9.66. The molecule has 0 aromatic heterocycles. The topological polar surface area (TPSA) is 55.5 Å². The van der Waals surface area contributed by atoms with Gasteiger partial charge in [0.05, 0.1) is 10.6 Å². The van der Waals surface area contributed by atoms with E-state index in [1.807, 2.05) is 43.3 Å². The summed E-state index contributed by atoms with van der Waals surface area (Å²) in [6.45, 7) is 2.01. The van der Waals surface area contributed by atoms with Gasteiger partial charge in [-0.25, -0.2) is 0 Å². The number of non-ortho nitro benzene ring substituents is 1. The zero-order valence-electron chi connectivity index (χ0n) is 11.1. The second kappa shape index (κ2) is 6.43. The third-order valence-electron chi connectivity index (χ3n) is 2.81. The van der Waals surface area contributed by atoms with Crippen molar-refractivity contribution < 1.29 is 4.92 Å². The van der Waals surface area contributed by atoms with Crippen molar-refractivity contribution in [2.45, 2.75) is 6.92 Å². The summed E-state index contributed by atoms with van der Waals surface area (Å²) in [7, 11) is 0. The number of aliphatic imine (C=N–C) groups is 1. The average molecular weight is 266 g/mol. The van der Waals surface area contributed by atoms with E-state index in [9.17, 15) is 10.1 Å². The van der Waals surface area contributed by atoms with Crippen LogP contribution in [0.15, 0.2) is 59.6 Å². The standard InChI is InChI=1S/C16H14N2O2/c1-13-5-2-3-7-16(13)17-12-4-6-14-8-10-15(11-9-14)18(19)20/h2-12H,1H3. The predicted molar refractivity (Wildman–Crippen MR) is 81.5 cm³/mol. The van der Waals surface area contributed by atoms with E-state index in [1.165, 1.54) is 12.1 Å². The van der Waals surface area contributed by atoms with Crippen molar-refractivity contribution >= 4 is 23.7 Å². The molecule has 0 aliphatic carbocycles. The van der Waals surface area contributed by atoms with Gasteiger partial charge in [-0.3, -0.25) is 15.1 Å². The minimum atomic E-state index is -0.410. The number of aryl methyl sites for hydroxylation is 1. The molecule has 0 N–H and O–H groups in total. The van der Waals surface area contributed by atoms with Gasteiger partial charge in [0.1, 0.15) is 0 Å². The highest BCUT2D eigenvalue weighted by molar-refractivity contribution is 5.80. The maximum absolute atomic E-state index is 10.5. The number of para-hydroxylation sites is 1. The van der Waals surface area contributed by atoms with Crippen LogP contribution in [0.5, 0.6) is 0 Å². The van der Waals surface area contributed by atoms with Crippen molar-refractivity contribution in [2.24, 2.45) is 4.99 Å². The minimum absolute atomic E-state index is 0.0933. The molecule has 0 atom stereocenters. The molecule has 0 saturated heterocycles. The SMILES string of the molecule is Cc1ccccc1N=CC=Cc1ccc([N+](=O)[O-])cc1. The lowest BCUT2D eigenvalue weighted by Gasteiger charge is -1.96. The van der Waals surface area contributed by atoms with Gasteiger partial charge in [-0.05, 0) is 42.3 Å². The molecule has 4 heteroatoms. The molecule has 0 heterocycles. The van der Waals surface area contributed by atoms with Gasteiger partial charge < -0.3 is 0 Å². The minimum Gasteiger partial charge on any atom is -0.258 e. The van der Waals surface area contributed by atoms with Crippen molar-refractivity contribution in [1.82, 2.24) is 0 Å². The van der Waals surface area contributed by atoms with Gasteiger partial charge in [-0.1, -0.05) is 24.3 Å². The lowest BCUT2D eigenvalue weighted by molar-refractivity contribution is -0.384. The molecule has 100 valence electrons. The van der Waals surface area contributed by atoms with Crippen LogP contribution in [-0.4, -0.2) is 11.1 Å². The molecule has 0 bridgehead atoms. The molecule has 0 spiro atoms. The third-order valence-corrected chi connectivity index (χ3v) is 2.81. The van der Waals surface area contributed by atoms with Gasteiger partial charge in [-0.2, -0.15) is 0 Å². The Balaban J connectivity index is 2.03. The summed E-state index contributed by atoms with van der Waals surface area (Å²) in [5, 5.41) is 10.5. The molecule has 0 aliphatic rings. The summed E-state index contributed by atoms with van der Waals surface area (Å²) in [6.07, 6.45) is 5.38. The first kappa shape index (κ1) is 13.7. The second-order valence-corrected chi connectivity index (χ2v) is 4.27. The normalized spacial score (nSPS) is 11.2. The molecule has 0 radical (unpaired) electrons. The Morgan fingerprint density at radius 3 is 2.45 bits per heavy atom. The van der Waals surface area contributed by atoms with E-state index >= 15 is 0 Å². The number of benzene rings is 2. The average Bonchev–Trinajstić information content (AvgIpc) is 2.46. The van der Waals surface area contributed by atoms with Gasteiger partial charge in [0.15, 0.2) is 0 Å². The van der Waals surface area contributed by atoms with Crippen LogP contribution in [0.1, 0.15) is 11.1 Å². The predicted octanol–water partition coefficient (Wildman–Crippen LogP) is 4.32. The van der Waals surface area contributed by atoms with E-state index in [0.717, 1.165) is 16.8 Å². The lowest BCUT2D eigenvalue weighted by atomic mass is 10.2. The first-order valence-corrected chi connectivity index (χ1v) is 6.17. The van der Waals surface area contributed by atoms with Crippen LogP contribution in [-0.2, 0) is 0 Å². The van der Waals surface area contributed by atoms with Crippen LogP contribution in [0.2, 0.25) is 0 Å². The number of hydrogen-bond acceptors (Lipinski definition) is 3. The van der Waals surface area contributed by atoms with Crippen molar-refractivity contribution in [3.05, 3.63) is 75.8 Å². The van der Waals surface area contributed by atoms with Crippen LogP contribution >= 0.6 is 0 Å². The fraction of sp³-hybridized carbons (Fsp3) is 0.0625. The molecular weight excluding hydrogens is 252 g/mol. The van der Waals surface area contributed by atoms with Crippen molar-refractivity contribution in [1.29, 1.82) is 0 Å². The molecule has 2 aromatic carbocycles. The lowest BCUT2D eigenvalue weighted by Crippen LogP contribution is -1.86. The first-order valence-electron chi connectivity index (χ1n) is 6.17. The fourth-order valence-corrected chi connectivity index (χ4v) is 1.69. The Kier molecular flexibility index (Phi) is 4.39. The van der Waals surface area contributed by atoms with E-state index < -0.39 is 4.92 Å².